The lowest BCUT2D eigenvalue weighted by molar-refractivity contribution is 0.243. The number of ether oxygens (including phenoxy) is 1. The zero-order valence-corrected chi connectivity index (χ0v) is 9.19. The lowest BCUT2D eigenvalue weighted by atomic mass is 10.2. The Hall–Kier alpha value is -1.91. The van der Waals surface area contributed by atoms with Crippen molar-refractivity contribution in [3.63, 3.8) is 0 Å². The molecule has 0 atom stereocenters. The van der Waals surface area contributed by atoms with Crippen LogP contribution in [0, 0.1) is 0 Å². The summed E-state index contributed by atoms with van der Waals surface area (Å²) in [5.74, 6) is 0.626. The summed E-state index contributed by atoms with van der Waals surface area (Å²) in [6.07, 6.45) is 0.942. The molecule has 16 heavy (non-hydrogen) atoms. The first-order valence-electron chi connectivity index (χ1n) is 5.21. The molecule has 2 rings (SSSR count). The van der Waals surface area contributed by atoms with Gasteiger partial charge in [-0.15, -0.1) is 0 Å². The first-order chi connectivity index (χ1) is 7.72. The van der Waals surface area contributed by atoms with E-state index in [0.717, 1.165) is 25.2 Å². The molecule has 1 aromatic rings. The van der Waals surface area contributed by atoms with Crippen LogP contribution in [-0.2, 0) is 0 Å². The standard InChI is InChI=1S/C11H15N3O2/c1-16-10-4-3-8(7-9(10)12)14-6-2-5-13-11(14)15/h3-4,7H,2,5-6,12H2,1H3,(H,13,15). The molecule has 3 N–H and O–H groups in total. The third-order valence-electron chi connectivity index (χ3n) is 2.60. The van der Waals surface area contributed by atoms with Crippen LogP contribution in [0.5, 0.6) is 5.75 Å². The minimum atomic E-state index is -0.0733. The number of rotatable bonds is 2. The number of hydrogen-bond donors (Lipinski definition) is 2. The van der Waals surface area contributed by atoms with Crippen LogP contribution in [0.15, 0.2) is 18.2 Å². The van der Waals surface area contributed by atoms with E-state index in [9.17, 15) is 4.79 Å². The normalized spacial score (nSPS) is 15.8. The van der Waals surface area contributed by atoms with Crippen LogP contribution in [0.25, 0.3) is 0 Å². The topological polar surface area (TPSA) is 67.6 Å². The number of nitrogens with zero attached hydrogens (tertiary/aromatic N) is 1. The second-order valence-corrected chi connectivity index (χ2v) is 3.66. The Morgan fingerprint density at radius 3 is 2.94 bits per heavy atom. The molecule has 0 aromatic heterocycles. The Kier molecular flexibility index (Phi) is 2.85. The zero-order valence-electron chi connectivity index (χ0n) is 9.19. The van der Waals surface area contributed by atoms with E-state index >= 15 is 0 Å². The van der Waals surface area contributed by atoms with Gasteiger partial charge in [-0.2, -0.15) is 0 Å². The Morgan fingerprint density at radius 1 is 1.50 bits per heavy atom. The number of carbonyl (C=O) groups excluding carboxylic acids is 1. The van der Waals surface area contributed by atoms with Crippen LogP contribution < -0.4 is 20.7 Å². The van der Waals surface area contributed by atoms with Crippen molar-refractivity contribution in [3.05, 3.63) is 18.2 Å². The van der Waals surface area contributed by atoms with Crippen LogP contribution >= 0.6 is 0 Å². The van der Waals surface area contributed by atoms with Gasteiger partial charge in [-0.05, 0) is 24.6 Å². The molecule has 1 saturated heterocycles. The summed E-state index contributed by atoms with van der Waals surface area (Å²) in [5, 5.41) is 2.79. The molecule has 0 bridgehead atoms. The van der Waals surface area contributed by atoms with Gasteiger partial charge in [-0.25, -0.2) is 4.79 Å². The maximum absolute atomic E-state index is 11.6. The van der Waals surface area contributed by atoms with Gasteiger partial charge >= 0.3 is 6.03 Å². The highest BCUT2D eigenvalue weighted by Gasteiger charge is 2.19. The van der Waals surface area contributed by atoms with Crippen LogP contribution in [0.4, 0.5) is 16.2 Å². The molecule has 0 unspecified atom stereocenters. The van der Waals surface area contributed by atoms with Gasteiger partial charge in [0.25, 0.3) is 0 Å². The van der Waals surface area contributed by atoms with Crippen LogP contribution in [0.1, 0.15) is 6.42 Å². The lowest BCUT2D eigenvalue weighted by Crippen LogP contribution is -2.46. The molecule has 1 fully saturated rings. The smallest absolute Gasteiger partial charge is 0.321 e. The average Bonchev–Trinajstić information content (AvgIpc) is 2.29. The Bertz CT molecular complexity index is 406. The van der Waals surface area contributed by atoms with E-state index in [1.165, 1.54) is 0 Å². The van der Waals surface area contributed by atoms with Gasteiger partial charge in [0.2, 0.25) is 0 Å². The van der Waals surface area contributed by atoms with Gasteiger partial charge in [-0.3, -0.25) is 4.90 Å². The highest BCUT2D eigenvalue weighted by Crippen LogP contribution is 2.27. The highest BCUT2D eigenvalue weighted by molar-refractivity contribution is 5.93. The first-order valence-corrected chi connectivity index (χ1v) is 5.21. The Labute approximate surface area is 94.2 Å². The number of anilines is 2. The highest BCUT2D eigenvalue weighted by atomic mass is 16.5. The number of hydrogen-bond acceptors (Lipinski definition) is 3. The van der Waals surface area contributed by atoms with Crippen molar-refractivity contribution in [2.45, 2.75) is 6.42 Å². The zero-order chi connectivity index (χ0) is 11.5. The fourth-order valence-electron chi connectivity index (χ4n) is 1.77. The van der Waals surface area contributed by atoms with Crippen LogP contribution in [0.2, 0.25) is 0 Å². The molecule has 0 aliphatic carbocycles. The molecule has 1 aromatic carbocycles. The second-order valence-electron chi connectivity index (χ2n) is 3.66. The lowest BCUT2D eigenvalue weighted by Gasteiger charge is -2.27. The minimum absolute atomic E-state index is 0.0733. The van der Waals surface area contributed by atoms with E-state index < -0.39 is 0 Å². The Morgan fingerprint density at radius 2 is 2.31 bits per heavy atom. The van der Waals surface area contributed by atoms with E-state index in [1.807, 2.05) is 6.07 Å². The maximum Gasteiger partial charge on any atom is 0.321 e. The summed E-state index contributed by atoms with van der Waals surface area (Å²) in [6.45, 7) is 1.46. The van der Waals surface area contributed by atoms with Crippen molar-refractivity contribution in [1.82, 2.24) is 5.32 Å². The third-order valence-corrected chi connectivity index (χ3v) is 2.60. The quantitative estimate of drug-likeness (QED) is 0.737. The number of nitrogens with one attached hydrogen (secondary N) is 1. The summed E-state index contributed by atoms with van der Waals surface area (Å²) in [5.41, 5.74) is 7.14. The summed E-state index contributed by atoms with van der Waals surface area (Å²) < 4.78 is 5.07. The average molecular weight is 221 g/mol. The number of urea groups is 1. The van der Waals surface area contributed by atoms with E-state index in [2.05, 4.69) is 5.32 Å². The molecule has 5 nitrogen and oxygen atoms in total. The van der Waals surface area contributed by atoms with E-state index in [1.54, 1.807) is 24.1 Å². The molecule has 0 saturated carbocycles. The van der Waals surface area contributed by atoms with Crippen molar-refractivity contribution < 1.29 is 9.53 Å². The molecule has 1 heterocycles. The number of benzene rings is 1. The third kappa shape index (κ3) is 1.88. The van der Waals surface area contributed by atoms with E-state index in [0.29, 0.717) is 11.4 Å². The van der Waals surface area contributed by atoms with Crippen molar-refractivity contribution >= 4 is 17.4 Å². The van der Waals surface area contributed by atoms with Crippen molar-refractivity contribution in [1.29, 1.82) is 0 Å². The molecule has 0 spiro atoms. The van der Waals surface area contributed by atoms with Gasteiger partial charge in [0, 0.05) is 18.8 Å². The molecule has 2 amide bonds. The number of nitrogens with two attached hydrogens (primary N) is 1. The second kappa shape index (κ2) is 4.30. The van der Waals surface area contributed by atoms with Crippen LogP contribution in [0.3, 0.4) is 0 Å². The van der Waals surface area contributed by atoms with Crippen molar-refractivity contribution in [3.8, 4) is 5.75 Å². The molecule has 0 radical (unpaired) electrons. The maximum atomic E-state index is 11.6. The van der Waals surface area contributed by atoms with E-state index in [4.69, 9.17) is 10.5 Å². The van der Waals surface area contributed by atoms with Gasteiger partial charge in [-0.1, -0.05) is 0 Å². The molecular formula is C11H15N3O2. The van der Waals surface area contributed by atoms with Gasteiger partial charge in [0.1, 0.15) is 5.75 Å². The van der Waals surface area contributed by atoms with Crippen molar-refractivity contribution in [2.24, 2.45) is 0 Å². The van der Waals surface area contributed by atoms with Gasteiger partial charge < -0.3 is 15.8 Å². The summed E-state index contributed by atoms with van der Waals surface area (Å²) in [7, 11) is 1.57. The van der Waals surface area contributed by atoms with Crippen LogP contribution in [-0.4, -0.2) is 26.2 Å². The monoisotopic (exact) mass is 221 g/mol. The predicted molar refractivity (Wildman–Crippen MR) is 62.8 cm³/mol. The molecular weight excluding hydrogens is 206 g/mol. The fourth-order valence-corrected chi connectivity index (χ4v) is 1.77. The number of nitrogen functional groups attached to an aromatic ring is 1. The molecule has 86 valence electrons. The SMILES string of the molecule is COc1ccc(N2CCCNC2=O)cc1N. The molecule has 5 heteroatoms. The molecule has 1 aliphatic rings. The predicted octanol–water partition coefficient (Wildman–Crippen LogP) is 1.20. The number of carbonyl (C=O) groups is 1. The first kappa shape index (κ1) is 10.6. The van der Waals surface area contributed by atoms with Crippen molar-refractivity contribution in [2.75, 3.05) is 30.8 Å². The summed E-state index contributed by atoms with van der Waals surface area (Å²) >= 11 is 0. The number of methoxy groups -OCH3 is 1. The van der Waals surface area contributed by atoms with Gasteiger partial charge in [0.05, 0.1) is 12.8 Å². The minimum Gasteiger partial charge on any atom is -0.495 e. The fraction of sp³-hybridized carbons (Fsp3) is 0.364. The number of amides is 2. The Balaban J connectivity index is 2.26. The summed E-state index contributed by atoms with van der Waals surface area (Å²) in [4.78, 5) is 13.3. The molecule has 1 aliphatic heterocycles. The van der Waals surface area contributed by atoms with Gasteiger partial charge in [0.15, 0.2) is 0 Å². The largest absolute Gasteiger partial charge is 0.495 e. The summed E-state index contributed by atoms with van der Waals surface area (Å²) in [6, 6.07) is 5.28. The van der Waals surface area contributed by atoms with E-state index in [-0.39, 0.29) is 6.03 Å².